The van der Waals surface area contributed by atoms with E-state index in [0.717, 1.165) is 129 Å². The first-order valence-corrected chi connectivity index (χ1v) is 29.0. The molecule has 6 nitrogen and oxygen atoms in total. The molecule has 80 heavy (non-hydrogen) atoms. The minimum atomic E-state index is -0.319. The molecular weight excluding hydrogens is 1160 g/mol. The summed E-state index contributed by atoms with van der Waals surface area (Å²) >= 11 is 0. The summed E-state index contributed by atoms with van der Waals surface area (Å²) in [5, 5.41) is 18.4. The maximum atomic E-state index is 12.0. The van der Waals surface area contributed by atoms with Gasteiger partial charge in [0.15, 0.2) is 5.78 Å². The maximum Gasteiger partial charge on any atom is 0.164 e. The van der Waals surface area contributed by atoms with Gasteiger partial charge in [-0.05, 0) is 126 Å². The molecule has 0 unspecified atom stereocenters. The molecule has 0 amide bonds. The molecule has 0 saturated carbocycles. The first-order chi connectivity index (χ1) is 37.8. The van der Waals surface area contributed by atoms with Crippen LogP contribution in [0.1, 0.15) is 174 Å². The number of carbonyl (C=O) groups is 1. The van der Waals surface area contributed by atoms with E-state index in [4.69, 9.17) is 17.2 Å². The van der Waals surface area contributed by atoms with Gasteiger partial charge in [-0.1, -0.05) is 199 Å². The predicted octanol–water partition coefficient (Wildman–Crippen LogP) is 20.8. The van der Waals surface area contributed by atoms with E-state index >= 15 is 0 Å². The Bertz CT molecular complexity index is 3730. The van der Waals surface area contributed by atoms with Crippen LogP contribution in [0.15, 0.2) is 103 Å². The fraction of sp³-hybridized carbons (Fsp3) is 0.438. The second-order valence-electron chi connectivity index (χ2n) is 27.7. The summed E-state index contributed by atoms with van der Waals surface area (Å²) < 4.78 is 30.3. The number of aliphatic hydroxyl groups is 1. The van der Waals surface area contributed by atoms with Gasteiger partial charge in [0.1, 0.15) is 11.5 Å². The Hall–Kier alpha value is -5.88. The quantitative estimate of drug-likeness (QED) is 0.0789. The van der Waals surface area contributed by atoms with Crippen molar-refractivity contribution in [2.45, 2.75) is 176 Å². The summed E-state index contributed by atoms with van der Waals surface area (Å²) in [6, 6.07) is 34.6. The molecule has 7 heteroatoms. The summed E-state index contributed by atoms with van der Waals surface area (Å²) in [7, 11) is 0. The molecule has 0 spiro atoms. The average molecular weight is 1250 g/mol. The second-order valence-corrected chi connectivity index (χ2v) is 27.7. The van der Waals surface area contributed by atoms with E-state index in [1.165, 1.54) is 44.7 Å². The third-order valence-corrected chi connectivity index (χ3v) is 15.5. The number of fused-ring (bicyclic) bond motifs is 6. The van der Waals surface area contributed by atoms with Crippen molar-refractivity contribution in [2.75, 3.05) is 0 Å². The third kappa shape index (κ3) is 13.9. The van der Waals surface area contributed by atoms with Crippen LogP contribution in [0.2, 0.25) is 0 Å². The molecule has 0 fully saturated rings. The Balaban J connectivity index is 0.000000187. The number of hydrogen-bond donors (Lipinski definition) is 1. The molecule has 10 rings (SSSR count). The third-order valence-electron chi connectivity index (χ3n) is 15.5. The molecule has 0 aliphatic carbocycles. The molecule has 1 radical (unpaired) electrons. The minimum Gasteiger partial charge on any atom is -0.512 e. The standard InChI is InChI=1S/C30H32NO.C29H30NO.C14H26O2.Ir/c1-18-8-9-22-21(12-18)15-23-27-26-20(10-11-31-27)13-19(16-29(2,3)4)14-25(26)32-28(23)24(22)17-30(5,6)7;1-28(2,3)16-18-13-20-11-12-30-26-22-15-19-9-7-8-10-21(19)23(17-29(4,5)6)27(22)31-24(14-18)25(20)26;1-6-11(7-2)12(15)10-13(16)14(5,8-3)9-4;/h8-14H,16-17H2,1-7H3;7-14H,16-17H2,1-6H3;10-11,15H,6-9H2,1-5H3;/q2*-1;;/b;;12-10-;/i11D;12D;;. The Labute approximate surface area is 495 Å². The number of benzene rings is 6. The number of pyridine rings is 2. The van der Waals surface area contributed by atoms with Gasteiger partial charge in [-0.2, -0.15) is 0 Å². The molecule has 2 aromatic heterocycles. The monoisotopic (exact) mass is 1250 g/mol. The van der Waals surface area contributed by atoms with Crippen LogP contribution in [0, 0.1) is 52.0 Å². The molecule has 1 N–H and O–H groups in total. The van der Waals surface area contributed by atoms with Gasteiger partial charge in [-0.25, -0.2) is 0 Å². The molecule has 0 saturated heterocycles. The van der Waals surface area contributed by atoms with Gasteiger partial charge in [0.05, 0.1) is 20.0 Å². The zero-order valence-corrected chi connectivity index (χ0v) is 53.6. The number of hydrogen-bond acceptors (Lipinski definition) is 6. The summed E-state index contributed by atoms with van der Waals surface area (Å²) in [5.41, 5.74) is 9.60. The van der Waals surface area contributed by atoms with Crippen LogP contribution < -0.4 is 9.47 Å². The van der Waals surface area contributed by atoms with Gasteiger partial charge >= 0.3 is 0 Å². The normalized spacial score (nSPS) is 13.5. The largest absolute Gasteiger partial charge is 0.512 e. The van der Waals surface area contributed by atoms with Crippen LogP contribution >= 0.6 is 0 Å². The van der Waals surface area contributed by atoms with Gasteiger partial charge in [0.25, 0.3) is 0 Å². The van der Waals surface area contributed by atoms with Crippen molar-refractivity contribution in [3.05, 3.63) is 143 Å². The van der Waals surface area contributed by atoms with Crippen molar-refractivity contribution in [3.8, 4) is 45.5 Å². The van der Waals surface area contributed by atoms with Crippen LogP contribution in [-0.2, 0) is 50.6 Å². The van der Waals surface area contributed by atoms with Crippen LogP contribution in [0.4, 0.5) is 0 Å². The number of ether oxygens (including phenoxy) is 2. The van der Waals surface area contributed by atoms with Gasteiger partial charge in [-0.3, -0.25) is 14.8 Å². The van der Waals surface area contributed by atoms with Crippen molar-refractivity contribution >= 4 is 48.9 Å². The summed E-state index contributed by atoms with van der Waals surface area (Å²) in [6.45, 7) is 39.2. The van der Waals surface area contributed by atoms with E-state index in [9.17, 15) is 9.90 Å². The first-order valence-electron chi connectivity index (χ1n) is 30.0. The average Bonchev–Trinajstić information content (AvgIpc) is 1.34. The summed E-state index contributed by atoms with van der Waals surface area (Å²) in [5.74, 6) is 3.82. The smallest absolute Gasteiger partial charge is 0.164 e. The zero-order valence-electron chi connectivity index (χ0n) is 53.2. The molecule has 6 aromatic carbocycles. The number of nitrogens with zero attached hydrogens (tertiary/aromatic N) is 2. The second kappa shape index (κ2) is 23.9. The molecule has 4 heterocycles. The van der Waals surface area contributed by atoms with Crippen molar-refractivity contribution in [1.29, 1.82) is 0 Å². The van der Waals surface area contributed by atoms with Gasteiger partial charge < -0.3 is 14.6 Å². The van der Waals surface area contributed by atoms with Crippen LogP contribution in [-0.4, -0.2) is 20.9 Å². The molecule has 8 aromatic rings. The van der Waals surface area contributed by atoms with Crippen molar-refractivity contribution < 1.29 is 42.2 Å². The van der Waals surface area contributed by atoms with Crippen LogP contribution in [0.25, 0.3) is 65.6 Å². The number of rotatable bonds is 11. The topological polar surface area (TPSA) is 81.5 Å². The van der Waals surface area contributed by atoms with E-state index in [-0.39, 0.29) is 77.0 Å². The SMILES string of the molecule is CCC(CC)/C(O)=C/C(=O)C(C)(CC)CC.[2H]c1cc2cc(CC(C)(C)C)cc3c2c(n1)-c1[c-]c2cc(C)ccc2c(CC(C)(C)C)c1O3.[2H]c1cc2cc(CC(C)(C)C)cc3c2c(n1)-c1[c-]c2ccccc2c(CC(C)(C)C)c1O3.[Ir]. The van der Waals surface area contributed by atoms with Gasteiger partial charge in [-0.15, -0.1) is 35.0 Å². The Morgan fingerprint density at radius 3 is 1.48 bits per heavy atom. The molecule has 2 aliphatic rings. The van der Waals surface area contributed by atoms with Crippen LogP contribution in [0.3, 0.4) is 0 Å². The predicted molar refractivity (Wildman–Crippen MR) is 333 cm³/mol. The van der Waals surface area contributed by atoms with E-state index in [2.05, 4.69) is 168 Å². The molecule has 2 aliphatic heterocycles. The van der Waals surface area contributed by atoms with Crippen LogP contribution in [0.5, 0.6) is 23.0 Å². The minimum absolute atomic E-state index is 0. The van der Waals surface area contributed by atoms with Gasteiger partial charge in [0, 0.05) is 72.0 Å². The van der Waals surface area contributed by atoms with Crippen molar-refractivity contribution in [2.24, 2.45) is 33.0 Å². The maximum absolute atomic E-state index is 12.0. The van der Waals surface area contributed by atoms with E-state index in [1.807, 2.05) is 52.8 Å². The summed E-state index contributed by atoms with van der Waals surface area (Å²) in [4.78, 5) is 21.4. The van der Waals surface area contributed by atoms with E-state index < -0.39 is 0 Å². The van der Waals surface area contributed by atoms with Crippen molar-refractivity contribution in [1.82, 2.24) is 9.97 Å². The Morgan fingerprint density at radius 1 is 0.600 bits per heavy atom. The molecule has 0 atom stereocenters. The summed E-state index contributed by atoms with van der Waals surface area (Å²) in [6.07, 6.45) is 9.02. The zero-order chi connectivity index (χ0) is 59.3. The van der Waals surface area contributed by atoms with Gasteiger partial charge in [0.2, 0.25) is 0 Å². The molecule has 425 valence electrons. The fourth-order valence-corrected chi connectivity index (χ4v) is 11.3. The van der Waals surface area contributed by atoms with Crippen molar-refractivity contribution in [3.63, 3.8) is 0 Å². The number of ketones is 1. The number of allylic oxidation sites excluding steroid dienone is 2. The van der Waals surface area contributed by atoms with E-state index in [1.54, 1.807) is 0 Å². The fourth-order valence-electron chi connectivity index (χ4n) is 11.3. The number of aromatic nitrogens is 2. The Kier molecular flexibility index (Phi) is 17.6. The number of aryl methyl sites for hydroxylation is 1. The molecular formula is C73H88IrN2O4-2. The number of aliphatic hydroxyl groups excluding tert-OH is 1. The van der Waals surface area contributed by atoms with E-state index in [0.29, 0.717) is 0 Å². The first kappa shape index (κ1) is 58.8. The molecule has 0 bridgehead atoms. The number of carbonyl (C=O) groups excluding carboxylic acids is 1. The Morgan fingerprint density at radius 2 is 1.04 bits per heavy atom.